The van der Waals surface area contributed by atoms with Gasteiger partial charge in [-0.1, -0.05) is 30.3 Å². The van der Waals surface area contributed by atoms with Crippen molar-refractivity contribution in [2.24, 2.45) is 0 Å². The van der Waals surface area contributed by atoms with Crippen molar-refractivity contribution in [3.8, 4) is 5.75 Å². The number of carbonyl (C=O) groups excluding carboxylic acids is 2. The second kappa shape index (κ2) is 11.9. The van der Waals surface area contributed by atoms with Gasteiger partial charge in [0.25, 0.3) is 0 Å². The van der Waals surface area contributed by atoms with Gasteiger partial charge in [0.05, 0.1) is 31.3 Å². The van der Waals surface area contributed by atoms with Crippen molar-refractivity contribution in [1.29, 1.82) is 0 Å². The van der Waals surface area contributed by atoms with Crippen LogP contribution < -0.4 is 9.64 Å². The van der Waals surface area contributed by atoms with Gasteiger partial charge in [0.2, 0.25) is 0 Å². The van der Waals surface area contributed by atoms with Crippen molar-refractivity contribution in [2.75, 3.05) is 38.8 Å². The standard InChI is InChI=1S/C34H39N3O5/c1-23-20-30(40-5)28(27-16-17-37(31(23)27)33(39)42-34(2,3)4)21-36-19-18-35(26-10-8-7-9-11-26)22-29(36)24-12-14-25(15-13-24)32(38)41-6/h7-17,20,29H,18-19,21-22H2,1-6H3. The summed E-state index contributed by atoms with van der Waals surface area (Å²) in [6.45, 7) is 10.6. The van der Waals surface area contributed by atoms with Crippen molar-refractivity contribution < 1.29 is 23.8 Å². The number of aryl methyl sites for hydroxylation is 1. The molecular weight excluding hydrogens is 530 g/mol. The number of rotatable bonds is 6. The maximum Gasteiger partial charge on any atom is 0.419 e. The third-order valence-electron chi connectivity index (χ3n) is 7.73. The first-order valence-electron chi connectivity index (χ1n) is 14.2. The molecule has 0 aliphatic carbocycles. The SMILES string of the molecule is COC(=O)c1ccc(C2CN(c3ccccc3)CCN2Cc2c(OC)cc(C)c3c2ccn3C(=O)OC(C)(C)C)cc1. The molecular formula is C34H39N3O5. The fourth-order valence-corrected chi connectivity index (χ4v) is 5.73. The predicted molar refractivity (Wildman–Crippen MR) is 164 cm³/mol. The first kappa shape index (κ1) is 29.2. The van der Waals surface area contributed by atoms with Crippen LogP contribution in [-0.4, -0.2) is 61.0 Å². The quantitative estimate of drug-likeness (QED) is 0.243. The number of ether oxygens (including phenoxy) is 3. The topological polar surface area (TPSA) is 73.2 Å². The fourth-order valence-electron chi connectivity index (χ4n) is 5.73. The number of benzene rings is 3. The smallest absolute Gasteiger partial charge is 0.419 e. The molecule has 1 fully saturated rings. The average Bonchev–Trinajstić information content (AvgIpc) is 3.44. The molecule has 3 aromatic carbocycles. The Morgan fingerprint density at radius 3 is 2.31 bits per heavy atom. The van der Waals surface area contributed by atoms with Crippen molar-refractivity contribution in [3.05, 3.63) is 95.2 Å². The molecule has 0 spiro atoms. The number of esters is 1. The molecule has 0 amide bonds. The van der Waals surface area contributed by atoms with Crippen LogP contribution in [0.15, 0.2) is 72.9 Å². The summed E-state index contributed by atoms with van der Waals surface area (Å²) in [5.41, 5.74) is 4.98. The molecule has 1 saturated heterocycles. The van der Waals surface area contributed by atoms with Crippen LogP contribution in [0.25, 0.3) is 10.9 Å². The third kappa shape index (κ3) is 5.99. The van der Waals surface area contributed by atoms with E-state index in [4.69, 9.17) is 14.2 Å². The number of hydrogen-bond donors (Lipinski definition) is 0. The van der Waals surface area contributed by atoms with Gasteiger partial charge in [-0.2, -0.15) is 0 Å². The summed E-state index contributed by atoms with van der Waals surface area (Å²) in [6, 6.07) is 22.1. The molecule has 8 nitrogen and oxygen atoms in total. The normalized spacial score (nSPS) is 16.0. The van der Waals surface area contributed by atoms with E-state index in [2.05, 4.69) is 34.1 Å². The van der Waals surface area contributed by atoms with E-state index >= 15 is 0 Å². The molecule has 1 atom stereocenters. The molecule has 220 valence electrons. The number of carbonyl (C=O) groups is 2. The Morgan fingerprint density at radius 2 is 1.67 bits per heavy atom. The molecule has 1 aromatic heterocycles. The van der Waals surface area contributed by atoms with Crippen LogP contribution >= 0.6 is 0 Å². The van der Waals surface area contributed by atoms with Gasteiger partial charge >= 0.3 is 12.1 Å². The summed E-state index contributed by atoms with van der Waals surface area (Å²) in [7, 11) is 3.08. The number of methoxy groups -OCH3 is 2. The van der Waals surface area contributed by atoms with Gasteiger partial charge < -0.3 is 19.1 Å². The van der Waals surface area contributed by atoms with Gasteiger partial charge in [-0.15, -0.1) is 0 Å². The van der Waals surface area contributed by atoms with E-state index in [-0.39, 0.29) is 12.0 Å². The van der Waals surface area contributed by atoms with Gasteiger partial charge in [0, 0.05) is 49.0 Å². The minimum absolute atomic E-state index is 0.0413. The van der Waals surface area contributed by atoms with E-state index in [1.807, 2.05) is 70.2 Å². The number of nitrogens with zero attached hydrogens (tertiary/aromatic N) is 3. The number of para-hydroxylation sites is 1. The van der Waals surface area contributed by atoms with Gasteiger partial charge in [-0.25, -0.2) is 9.59 Å². The zero-order chi connectivity index (χ0) is 30.0. The highest BCUT2D eigenvalue weighted by molar-refractivity contribution is 5.95. The molecule has 8 heteroatoms. The zero-order valence-electron chi connectivity index (χ0n) is 25.2. The Labute approximate surface area is 247 Å². The summed E-state index contributed by atoms with van der Waals surface area (Å²) < 4.78 is 18.1. The van der Waals surface area contributed by atoms with E-state index in [1.165, 1.54) is 12.8 Å². The number of piperazine rings is 1. The van der Waals surface area contributed by atoms with Gasteiger partial charge in [0.1, 0.15) is 11.4 Å². The molecule has 42 heavy (non-hydrogen) atoms. The Morgan fingerprint density at radius 1 is 0.952 bits per heavy atom. The first-order valence-corrected chi connectivity index (χ1v) is 14.2. The molecule has 5 rings (SSSR count). The van der Waals surface area contributed by atoms with Crippen LogP contribution in [-0.2, 0) is 16.0 Å². The summed E-state index contributed by atoms with van der Waals surface area (Å²) in [6.07, 6.45) is 1.38. The Hall–Kier alpha value is -4.30. The van der Waals surface area contributed by atoms with E-state index in [1.54, 1.807) is 17.9 Å². The van der Waals surface area contributed by atoms with E-state index in [0.29, 0.717) is 12.1 Å². The van der Waals surface area contributed by atoms with E-state index in [9.17, 15) is 9.59 Å². The molecule has 0 saturated carbocycles. The largest absolute Gasteiger partial charge is 0.496 e. The lowest BCUT2D eigenvalue weighted by Gasteiger charge is -2.43. The van der Waals surface area contributed by atoms with Crippen molar-refractivity contribution in [2.45, 2.75) is 45.9 Å². The minimum Gasteiger partial charge on any atom is -0.496 e. The second-order valence-corrected chi connectivity index (χ2v) is 11.7. The maximum absolute atomic E-state index is 13.1. The lowest BCUT2D eigenvalue weighted by atomic mass is 9.98. The Kier molecular flexibility index (Phi) is 8.27. The number of hydrogen-bond acceptors (Lipinski definition) is 7. The third-order valence-corrected chi connectivity index (χ3v) is 7.73. The molecule has 0 N–H and O–H groups in total. The van der Waals surface area contributed by atoms with Gasteiger partial charge in [-0.05, 0) is 75.2 Å². The average molecular weight is 570 g/mol. The molecule has 1 unspecified atom stereocenters. The number of fused-ring (bicyclic) bond motifs is 1. The summed E-state index contributed by atoms with van der Waals surface area (Å²) in [5, 5.41) is 0.961. The predicted octanol–water partition coefficient (Wildman–Crippen LogP) is 6.59. The summed E-state index contributed by atoms with van der Waals surface area (Å²) in [4.78, 5) is 30.1. The van der Waals surface area contributed by atoms with Crippen LogP contribution in [0.2, 0.25) is 0 Å². The highest BCUT2D eigenvalue weighted by Gasteiger charge is 2.31. The van der Waals surface area contributed by atoms with Gasteiger partial charge in [-0.3, -0.25) is 9.47 Å². The molecule has 0 bridgehead atoms. The number of anilines is 1. The maximum atomic E-state index is 13.1. The Balaban J connectivity index is 1.53. The van der Waals surface area contributed by atoms with Crippen molar-refractivity contribution >= 4 is 28.7 Å². The van der Waals surface area contributed by atoms with Crippen LogP contribution in [0, 0.1) is 6.92 Å². The zero-order valence-corrected chi connectivity index (χ0v) is 25.2. The fraction of sp³-hybridized carbons (Fsp3) is 0.353. The second-order valence-electron chi connectivity index (χ2n) is 11.7. The molecule has 2 heterocycles. The van der Waals surface area contributed by atoms with Crippen LogP contribution in [0.4, 0.5) is 10.5 Å². The molecule has 4 aromatic rings. The first-order chi connectivity index (χ1) is 20.1. The van der Waals surface area contributed by atoms with Crippen LogP contribution in [0.1, 0.15) is 53.9 Å². The summed E-state index contributed by atoms with van der Waals surface area (Å²) >= 11 is 0. The Bertz CT molecular complexity index is 1570. The summed E-state index contributed by atoms with van der Waals surface area (Å²) in [5.74, 6) is 0.432. The van der Waals surface area contributed by atoms with E-state index in [0.717, 1.165) is 53.0 Å². The van der Waals surface area contributed by atoms with Gasteiger partial charge in [0.15, 0.2) is 0 Å². The minimum atomic E-state index is -0.605. The molecule has 1 aliphatic heterocycles. The highest BCUT2D eigenvalue weighted by Crippen LogP contribution is 2.37. The highest BCUT2D eigenvalue weighted by atomic mass is 16.6. The van der Waals surface area contributed by atoms with Crippen LogP contribution in [0.5, 0.6) is 5.75 Å². The molecule has 0 radical (unpaired) electrons. The van der Waals surface area contributed by atoms with Crippen molar-refractivity contribution in [1.82, 2.24) is 9.47 Å². The lowest BCUT2D eigenvalue weighted by Crippen LogP contribution is -2.48. The molecule has 1 aliphatic rings. The van der Waals surface area contributed by atoms with E-state index < -0.39 is 11.7 Å². The monoisotopic (exact) mass is 569 g/mol. The lowest BCUT2D eigenvalue weighted by molar-refractivity contribution is 0.0542. The van der Waals surface area contributed by atoms with Crippen molar-refractivity contribution in [3.63, 3.8) is 0 Å². The van der Waals surface area contributed by atoms with Crippen LogP contribution in [0.3, 0.4) is 0 Å². The number of aromatic nitrogens is 1.